The highest BCUT2D eigenvalue weighted by Crippen LogP contribution is 2.18. The van der Waals surface area contributed by atoms with E-state index in [9.17, 15) is 13.6 Å². The third kappa shape index (κ3) is 2.23. The van der Waals surface area contributed by atoms with Gasteiger partial charge in [-0.2, -0.15) is 5.10 Å². The van der Waals surface area contributed by atoms with E-state index >= 15 is 0 Å². The summed E-state index contributed by atoms with van der Waals surface area (Å²) in [5.74, 6) is -1.99. The van der Waals surface area contributed by atoms with Crippen molar-refractivity contribution < 1.29 is 13.6 Å². The third-order valence-electron chi connectivity index (χ3n) is 2.88. The van der Waals surface area contributed by atoms with Gasteiger partial charge < -0.3 is 5.32 Å². The van der Waals surface area contributed by atoms with Crippen LogP contribution in [0, 0.1) is 11.6 Å². The van der Waals surface area contributed by atoms with Crippen molar-refractivity contribution in [3.8, 4) is 0 Å². The Bertz CT molecular complexity index is 798. The van der Waals surface area contributed by atoms with E-state index in [1.54, 1.807) is 24.4 Å². The molecule has 0 aliphatic heterocycles. The molecule has 2 N–H and O–H groups in total. The molecule has 0 saturated heterocycles. The second kappa shape index (κ2) is 4.73. The van der Waals surface area contributed by atoms with Gasteiger partial charge in [0.1, 0.15) is 11.6 Å². The number of rotatable bonds is 2. The molecule has 0 bridgehead atoms. The van der Waals surface area contributed by atoms with Crippen LogP contribution in [-0.2, 0) is 0 Å². The number of fused-ring (bicyclic) bond motifs is 1. The average Bonchev–Trinajstić information content (AvgIpc) is 2.89. The number of carbonyl (C=O) groups excluding carboxylic acids is 1. The van der Waals surface area contributed by atoms with E-state index in [-0.39, 0.29) is 5.69 Å². The molecule has 0 aliphatic carbocycles. The number of amides is 1. The lowest BCUT2D eigenvalue weighted by atomic mass is 10.1. The number of carbonyl (C=O) groups is 1. The molecule has 1 heterocycles. The first-order valence-electron chi connectivity index (χ1n) is 5.83. The van der Waals surface area contributed by atoms with E-state index in [1.807, 2.05) is 0 Å². The number of benzene rings is 2. The van der Waals surface area contributed by atoms with Crippen molar-refractivity contribution in [2.75, 3.05) is 5.32 Å². The Labute approximate surface area is 112 Å². The minimum atomic E-state index is -0.819. The van der Waals surface area contributed by atoms with E-state index in [4.69, 9.17) is 0 Å². The molecule has 0 atom stereocenters. The van der Waals surface area contributed by atoms with Crippen molar-refractivity contribution in [1.29, 1.82) is 0 Å². The number of nitrogens with zero attached hydrogens (tertiary/aromatic N) is 1. The molecule has 20 heavy (non-hydrogen) atoms. The first kappa shape index (κ1) is 12.3. The largest absolute Gasteiger partial charge is 0.319 e. The number of hydrogen-bond donors (Lipinski definition) is 2. The zero-order chi connectivity index (χ0) is 14.1. The van der Waals surface area contributed by atoms with Crippen molar-refractivity contribution >= 4 is 22.5 Å². The quantitative estimate of drug-likeness (QED) is 0.753. The fourth-order valence-electron chi connectivity index (χ4n) is 1.86. The fraction of sp³-hybridized carbons (Fsp3) is 0. The summed E-state index contributed by atoms with van der Waals surface area (Å²) in [5.41, 5.74) is 0.990. The van der Waals surface area contributed by atoms with Gasteiger partial charge in [-0.15, -0.1) is 0 Å². The van der Waals surface area contributed by atoms with Crippen LogP contribution in [-0.4, -0.2) is 16.1 Å². The third-order valence-corrected chi connectivity index (χ3v) is 2.88. The summed E-state index contributed by atoms with van der Waals surface area (Å²) < 4.78 is 26.2. The van der Waals surface area contributed by atoms with Crippen LogP contribution in [0.2, 0.25) is 0 Å². The van der Waals surface area contributed by atoms with Crippen LogP contribution in [0.15, 0.2) is 42.6 Å². The molecule has 0 unspecified atom stereocenters. The topological polar surface area (TPSA) is 57.8 Å². The monoisotopic (exact) mass is 273 g/mol. The van der Waals surface area contributed by atoms with Crippen LogP contribution in [0.5, 0.6) is 0 Å². The maximum atomic E-state index is 13.5. The van der Waals surface area contributed by atoms with Gasteiger partial charge in [0.25, 0.3) is 5.91 Å². The van der Waals surface area contributed by atoms with Crippen LogP contribution in [0.3, 0.4) is 0 Å². The highest BCUT2D eigenvalue weighted by Gasteiger charge is 2.11. The van der Waals surface area contributed by atoms with Gasteiger partial charge in [-0.05, 0) is 24.3 Å². The Morgan fingerprint density at radius 2 is 2.00 bits per heavy atom. The van der Waals surface area contributed by atoms with E-state index in [1.165, 1.54) is 6.07 Å². The summed E-state index contributed by atoms with van der Waals surface area (Å²) in [4.78, 5) is 12.0. The van der Waals surface area contributed by atoms with Crippen LogP contribution < -0.4 is 5.32 Å². The normalized spacial score (nSPS) is 10.7. The van der Waals surface area contributed by atoms with Gasteiger partial charge in [0.05, 0.1) is 17.4 Å². The predicted molar refractivity (Wildman–Crippen MR) is 70.4 cm³/mol. The zero-order valence-electron chi connectivity index (χ0n) is 10.2. The lowest BCUT2D eigenvalue weighted by molar-refractivity contribution is 0.102. The number of halogens is 2. The molecule has 0 saturated carbocycles. The van der Waals surface area contributed by atoms with Crippen LogP contribution in [0.1, 0.15) is 10.4 Å². The number of hydrogen-bond acceptors (Lipinski definition) is 2. The Morgan fingerprint density at radius 3 is 2.80 bits per heavy atom. The molecule has 0 radical (unpaired) electrons. The number of H-pyrrole nitrogens is 1. The Hall–Kier alpha value is -2.76. The average molecular weight is 273 g/mol. The van der Waals surface area contributed by atoms with Crippen molar-refractivity contribution in [2.45, 2.75) is 0 Å². The van der Waals surface area contributed by atoms with Crippen molar-refractivity contribution in [3.63, 3.8) is 0 Å². The van der Waals surface area contributed by atoms with E-state index in [0.29, 0.717) is 17.1 Å². The summed E-state index contributed by atoms with van der Waals surface area (Å²) in [6, 6.07) is 7.92. The molecule has 1 amide bonds. The van der Waals surface area contributed by atoms with Gasteiger partial charge in [0.15, 0.2) is 0 Å². The second-order valence-electron chi connectivity index (χ2n) is 4.25. The van der Waals surface area contributed by atoms with Gasteiger partial charge in [0.2, 0.25) is 0 Å². The number of anilines is 1. The van der Waals surface area contributed by atoms with Gasteiger partial charge in [0, 0.05) is 17.0 Å². The van der Waals surface area contributed by atoms with E-state index in [2.05, 4.69) is 15.5 Å². The molecule has 6 heteroatoms. The number of aromatic nitrogens is 2. The van der Waals surface area contributed by atoms with Crippen molar-refractivity contribution in [2.24, 2.45) is 0 Å². The molecule has 2 aromatic carbocycles. The molecule has 1 aromatic heterocycles. The Kier molecular flexibility index (Phi) is 2.90. The lowest BCUT2D eigenvalue weighted by Crippen LogP contribution is -2.13. The van der Waals surface area contributed by atoms with Gasteiger partial charge in [-0.25, -0.2) is 8.78 Å². The Balaban J connectivity index is 1.88. The molecule has 0 aliphatic rings. The molecule has 0 fully saturated rings. The Morgan fingerprint density at radius 1 is 1.15 bits per heavy atom. The van der Waals surface area contributed by atoms with Crippen LogP contribution in [0.25, 0.3) is 10.9 Å². The van der Waals surface area contributed by atoms with E-state index < -0.39 is 17.5 Å². The predicted octanol–water partition coefficient (Wildman–Crippen LogP) is 3.09. The first-order valence-corrected chi connectivity index (χ1v) is 5.83. The summed E-state index contributed by atoms with van der Waals surface area (Å²) in [6.07, 6.45) is 1.64. The smallest absolute Gasteiger partial charge is 0.255 e. The van der Waals surface area contributed by atoms with Gasteiger partial charge in [-0.3, -0.25) is 9.89 Å². The highest BCUT2D eigenvalue weighted by molar-refractivity contribution is 6.06. The molecule has 4 nitrogen and oxygen atoms in total. The minimum absolute atomic E-state index is 0.0684. The summed E-state index contributed by atoms with van der Waals surface area (Å²) in [6.45, 7) is 0. The lowest BCUT2D eigenvalue weighted by Gasteiger charge is -2.06. The minimum Gasteiger partial charge on any atom is -0.319 e. The summed E-state index contributed by atoms with van der Waals surface area (Å²) in [5, 5.41) is 9.86. The molecule has 3 aromatic rings. The fourth-order valence-corrected chi connectivity index (χ4v) is 1.86. The molecular formula is C14H9F2N3O. The van der Waals surface area contributed by atoms with Crippen LogP contribution in [0.4, 0.5) is 14.5 Å². The maximum absolute atomic E-state index is 13.5. The number of aromatic amines is 1. The van der Waals surface area contributed by atoms with Gasteiger partial charge in [-0.1, -0.05) is 6.07 Å². The van der Waals surface area contributed by atoms with Crippen molar-refractivity contribution in [3.05, 3.63) is 59.8 Å². The molecule has 0 spiro atoms. The highest BCUT2D eigenvalue weighted by atomic mass is 19.1. The van der Waals surface area contributed by atoms with Crippen LogP contribution >= 0.6 is 0 Å². The zero-order valence-corrected chi connectivity index (χ0v) is 10.2. The summed E-state index contributed by atoms with van der Waals surface area (Å²) in [7, 11) is 0. The van der Waals surface area contributed by atoms with E-state index in [0.717, 1.165) is 11.5 Å². The van der Waals surface area contributed by atoms with Crippen molar-refractivity contribution in [1.82, 2.24) is 10.2 Å². The molecule has 100 valence electrons. The first-order chi connectivity index (χ1) is 9.63. The standard InChI is InChI=1S/C14H9F2N3O/c15-10-3-4-12(11(16)6-10)18-14(20)8-1-2-9-7-17-19-13(9)5-8/h1-7H,(H,17,19)(H,18,20). The van der Waals surface area contributed by atoms with Gasteiger partial charge >= 0.3 is 0 Å². The second-order valence-corrected chi connectivity index (χ2v) is 4.25. The number of nitrogens with one attached hydrogen (secondary N) is 2. The SMILES string of the molecule is O=C(Nc1ccc(F)cc1F)c1ccc2cn[nH]c2c1. The molecular weight excluding hydrogens is 264 g/mol. The summed E-state index contributed by atoms with van der Waals surface area (Å²) >= 11 is 0. The molecule has 3 rings (SSSR count). The maximum Gasteiger partial charge on any atom is 0.255 e.